The topological polar surface area (TPSA) is 67.9 Å². The fourth-order valence-corrected chi connectivity index (χ4v) is 2.86. The molecule has 0 aliphatic rings. The standard InChI is InChI=1S/C21H23F3N2O4/c1-4-26(20(28)21(22,23)24)13-15-6-5-7-16(10-15)25-19(27)12-14-8-9-17(29-2)18(11-14)30-3/h5-11H,4,12-13H2,1-3H3,(H,25,27). The van der Waals surface area contributed by atoms with Crippen LogP contribution in [0.15, 0.2) is 42.5 Å². The van der Waals surface area contributed by atoms with E-state index in [4.69, 9.17) is 9.47 Å². The summed E-state index contributed by atoms with van der Waals surface area (Å²) in [7, 11) is 3.01. The van der Waals surface area contributed by atoms with Crippen LogP contribution in [-0.4, -0.2) is 43.7 Å². The number of hydrogen-bond donors (Lipinski definition) is 1. The molecule has 0 heterocycles. The fraction of sp³-hybridized carbons (Fsp3) is 0.333. The summed E-state index contributed by atoms with van der Waals surface area (Å²) >= 11 is 0. The number of nitrogens with zero attached hydrogens (tertiary/aromatic N) is 1. The lowest BCUT2D eigenvalue weighted by molar-refractivity contribution is -0.185. The highest BCUT2D eigenvalue weighted by molar-refractivity contribution is 5.92. The molecule has 162 valence electrons. The van der Waals surface area contributed by atoms with Gasteiger partial charge in [-0.1, -0.05) is 18.2 Å². The highest BCUT2D eigenvalue weighted by Crippen LogP contribution is 2.28. The summed E-state index contributed by atoms with van der Waals surface area (Å²) in [6, 6.07) is 11.5. The van der Waals surface area contributed by atoms with Gasteiger partial charge in [-0.2, -0.15) is 13.2 Å². The van der Waals surface area contributed by atoms with Gasteiger partial charge in [0, 0.05) is 18.8 Å². The lowest BCUT2D eigenvalue weighted by atomic mass is 10.1. The maximum atomic E-state index is 12.7. The van der Waals surface area contributed by atoms with Gasteiger partial charge < -0.3 is 19.7 Å². The van der Waals surface area contributed by atoms with E-state index in [1.54, 1.807) is 42.5 Å². The van der Waals surface area contributed by atoms with E-state index in [0.29, 0.717) is 33.2 Å². The van der Waals surface area contributed by atoms with Crippen molar-refractivity contribution in [3.05, 3.63) is 53.6 Å². The number of anilines is 1. The smallest absolute Gasteiger partial charge is 0.471 e. The zero-order valence-corrected chi connectivity index (χ0v) is 16.9. The Bertz CT molecular complexity index is 900. The van der Waals surface area contributed by atoms with Crippen molar-refractivity contribution in [2.24, 2.45) is 0 Å². The molecule has 0 saturated heterocycles. The Morgan fingerprint density at radius 3 is 2.30 bits per heavy atom. The van der Waals surface area contributed by atoms with Gasteiger partial charge in [0.05, 0.1) is 20.6 Å². The molecule has 2 aromatic carbocycles. The second-order valence-electron chi connectivity index (χ2n) is 6.43. The van der Waals surface area contributed by atoms with E-state index in [2.05, 4.69) is 5.32 Å². The average Bonchev–Trinajstić information content (AvgIpc) is 2.70. The van der Waals surface area contributed by atoms with E-state index in [1.165, 1.54) is 21.1 Å². The summed E-state index contributed by atoms with van der Waals surface area (Å²) in [6.45, 7) is 1.17. The Balaban J connectivity index is 2.06. The zero-order valence-electron chi connectivity index (χ0n) is 16.9. The molecule has 2 amide bonds. The minimum Gasteiger partial charge on any atom is -0.493 e. The van der Waals surface area contributed by atoms with Gasteiger partial charge in [-0.15, -0.1) is 0 Å². The normalized spacial score (nSPS) is 11.0. The molecule has 9 heteroatoms. The van der Waals surface area contributed by atoms with Crippen LogP contribution in [0.2, 0.25) is 0 Å². The van der Waals surface area contributed by atoms with Crippen LogP contribution in [0.1, 0.15) is 18.1 Å². The molecule has 0 bridgehead atoms. The SMILES string of the molecule is CCN(Cc1cccc(NC(=O)Cc2ccc(OC)c(OC)c2)c1)C(=O)C(F)(F)F. The molecule has 0 spiro atoms. The molecule has 1 N–H and O–H groups in total. The largest absolute Gasteiger partial charge is 0.493 e. The van der Waals surface area contributed by atoms with Gasteiger partial charge in [0.25, 0.3) is 0 Å². The van der Waals surface area contributed by atoms with Crippen molar-refractivity contribution in [3.8, 4) is 11.5 Å². The molecule has 0 unspecified atom stereocenters. The third-order valence-corrected chi connectivity index (χ3v) is 4.31. The second-order valence-corrected chi connectivity index (χ2v) is 6.43. The van der Waals surface area contributed by atoms with Crippen molar-refractivity contribution in [3.63, 3.8) is 0 Å². The zero-order chi connectivity index (χ0) is 22.3. The quantitative estimate of drug-likeness (QED) is 0.700. The van der Waals surface area contributed by atoms with Crippen LogP contribution in [0, 0.1) is 0 Å². The first-order valence-corrected chi connectivity index (χ1v) is 9.13. The number of amides is 2. The molecular formula is C21H23F3N2O4. The van der Waals surface area contributed by atoms with Crippen molar-refractivity contribution in [2.75, 3.05) is 26.1 Å². The van der Waals surface area contributed by atoms with Crippen LogP contribution in [-0.2, 0) is 22.6 Å². The molecule has 2 rings (SSSR count). The number of benzene rings is 2. The van der Waals surface area contributed by atoms with E-state index in [-0.39, 0.29) is 25.4 Å². The Morgan fingerprint density at radius 1 is 1.00 bits per heavy atom. The van der Waals surface area contributed by atoms with Gasteiger partial charge in [0.15, 0.2) is 11.5 Å². The molecule has 0 aliphatic carbocycles. The lowest BCUT2D eigenvalue weighted by Gasteiger charge is -2.22. The predicted octanol–water partition coefficient (Wildman–Crippen LogP) is 3.80. The predicted molar refractivity (Wildman–Crippen MR) is 105 cm³/mol. The number of carbonyl (C=O) groups excluding carboxylic acids is 2. The second kappa shape index (κ2) is 10.00. The summed E-state index contributed by atoms with van der Waals surface area (Å²) in [5.74, 6) is -1.16. The van der Waals surface area contributed by atoms with Crippen molar-refractivity contribution in [2.45, 2.75) is 26.1 Å². The van der Waals surface area contributed by atoms with Gasteiger partial charge in [-0.3, -0.25) is 9.59 Å². The van der Waals surface area contributed by atoms with Crippen molar-refractivity contribution in [1.82, 2.24) is 4.90 Å². The first-order chi connectivity index (χ1) is 14.2. The van der Waals surface area contributed by atoms with Crippen LogP contribution < -0.4 is 14.8 Å². The molecule has 30 heavy (non-hydrogen) atoms. The Labute approximate surface area is 172 Å². The van der Waals surface area contributed by atoms with Crippen LogP contribution in [0.4, 0.5) is 18.9 Å². The van der Waals surface area contributed by atoms with Gasteiger partial charge >= 0.3 is 12.1 Å². The minimum atomic E-state index is -4.93. The first kappa shape index (κ1) is 23.1. The maximum absolute atomic E-state index is 12.7. The Morgan fingerprint density at radius 2 is 1.70 bits per heavy atom. The number of carbonyl (C=O) groups is 2. The molecule has 0 atom stereocenters. The first-order valence-electron chi connectivity index (χ1n) is 9.13. The fourth-order valence-electron chi connectivity index (χ4n) is 2.86. The summed E-state index contributed by atoms with van der Waals surface area (Å²) in [6.07, 6.45) is -4.86. The summed E-state index contributed by atoms with van der Waals surface area (Å²) < 4.78 is 48.4. The van der Waals surface area contributed by atoms with Crippen LogP contribution in [0.5, 0.6) is 11.5 Å². The molecule has 6 nitrogen and oxygen atoms in total. The molecule has 0 fully saturated rings. The minimum absolute atomic E-state index is 0.0677. The number of alkyl halides is 3. The monoisotopic (exact) mass is 424 g/mol. The van der Waals surface area contributed by atoms with Crippen LogP contribution in [0.25, 0.3) is 0 Å². The number of halogens is 3. The van der Waals surface area contributed by atoms with E-state index >= 15 is 0 Å². The third-order valence-electron chi connectivity index (χ3n) is 4.31. The van der Waals surface area contributed by atoms with Crippen molar-refractivity contribution < 1.29 is 32.2 Å². The molecule has 2 aromatic rings. The molecule has 0 aliphatic heterocycles. The number of ether oxygens (including phenoxy) is 2. The molecule has 0 aromatic heterocycles. The van der Waals surface area contributed by atoms with Gasteiger partial charge in [0.1, 0.15) is 0 Å². The van der Waals surface area contributed by atoms with E-state index in [9.17, 15) is 22.8 Å². The highest BCUT2D eigenvalue weighted by atomic mass is 19.4. The van der Waals surface area contributed by atoms with Crippen molar-refractivity contribution in [1.29, 1.82) is 0 Å². The maximum Gasteiger partial charge on any atom is 0.471 e. The van der Waals surface area contributed by atoms with Crippen molar-refractivity contribution >= 4 is 17.5 Å². The summed E-state index contributed by atoms with van der Waals surface area (Å²) in [4.78, 5) is 24.5. The van der Waals surface area contributed by atoms with Gasteiger partial charge in [0.2, 0.25) is 5.91 Å². The number of hydrogen-bond acceptors (Lipinski definition) is 4. The average molecular weight is 424 g/mol. The molecular weight excluding hydrogens is 401 g/mol. The van der Waals surface area contributed by atoms with E-state index in [0.717, 1.165) is 0 Å². The molecule has 0 saturated carbocycles. The highest BCUT2D eigenvalue weighted by Gasteiger charge is 2.41. The number of methoxy groups -OCH3 is 2. The van der Waals surface area contributed by atoms with E-state index in [1.807, 2.05) is 0 Å². The lowest BCUT2D eigenvalue weighted by Crippen LogP contribution is -2.40. The van der Waals surface area contributed by atoms with E-state index < -0.39 is 12.1 Å². The Kier molecular flexibility index (Phi) is 7.68. The summed E-state index contributed by atoms with van der Waals surface area (Å²) in [5.41, 5.74) is 1.60. The number of rotatable bonds is 8. The van der Waals surface area contributed by atoms with Crippen LogP contribution >= 0.6 is 0 Å². The number of nitrogens with one attached hydrogen (secondary N) is 1. The third kappa shape index (κ3) is 6.13. The van der Waals surface area contributed by atoms with Crippen LogP contribution in [0.3, 0.4) is 0 Å². The molecule has 0 radical (unpaired) electrons. The van der Waals surface area contributed by atoms with Gasteiger partial charge in [-0.05, 0) is 42.3 Å². The Hall–Kier alpha value is -3.23. The van der Waals surface area contributed by atoms with Gasteiger partial charge in [-0.25, -0.2) is 0 Å². The summed E-state index contributed by atoms with van der Waals surface area (Å²) in [5, 5.41) is 2.71.